The lowest BCUT2D eigenvalue weighted by atomic mass is 10.2. The molecule has 1 aromatic carbocycles. The molecule has 0 spiro atoms. The average molecular weight is 272 g/mol. The molecular formula is C13H21FO3Si. The highest BCUT2D eigenvalue weighted by Gasteiger charge is 2.38. The number of aryl methyl sites for hydroxylation is 1. The van der Waals surface area contributed by atoms with Crippen molar-refractivity contribution in [2.45, 2.75) is 26.3 Å². The molecule has 0 fully saturated rings. The van der Waals surface area contributed by atoms with Crippen molar-refractivity contribution in [2.75, 3.05) is 20.3 Å². The van der Waals surface area contributed by atoms with Crippen molar-refractivity contribution in [1.82, 2.24) is 0 Å². The summed E-state index contributed by atoms with van der Waals surface area (Å²) >= 11 is 0. The highest BCUT2D eigenvalue weighted by Crippen LogP contribution is 2.18. The Kier molecular flexibility index (Phi) is 6.49. The van der Waals surface area contributed by atoms with Crippen LogP contribution in [-0.2, 0) is 19.7 Å². The molecule has 0 N–H and O–H groups in total. The molecule has 0 saturated heterocycles. The van der Waals surface area contributed by atoms with Gasteiger partial charge in [-0.05, 0) is 38.0 Å². The second-order valence-corrected chi connectivity index (χ2v) is 6.73. The van der Waals surface area contributed by atoms with E-state index in [1.54, 1.807) is 13.2 Å². The Hall–Kier alpha value is -0.753. The summed E-state index contributed by atoms with van der Waals surface area (Å²) in [7, 11) is -0.978. The molecule has 0 bridgehead atoms. The zero-order valence-corrected chi connectivity index (χ0v) is 12.2. The van der Waals surface area contributed by atoms with E-state index in [0.717, 1.165) is 5.56 Å². The van der Waals surface area contributed by atoms with Crippen LogP contribution in [0.4, 0.5) is 4.39 Å². The molecule has 0 atom stereocenters. The van der Waals surface area contributed by atoms with Crippen LogP contribution < -0.4 is 0 Å². The lowest BCUT2D eigenvalue weighted by Crippen LogP contribution is -2.45. The molecule has 18 heavy (non-hydrogen) atoms. The maximum atomic E-state index is 13.1. The predicted octanol–water partition coefficient (Wildman–Crippen LogP) is 3.03. The van der Waals surface area contributed by atoms with Gasteiger partial charge in [-0.25, -0.2) is 4.39 Å². The van der Waals surface area contributed by atoms with Gasteiger partial charge in [-0.1, -0.05) is 12.1 Å². The number of benzene rings is 1. The van der Waals surface area contributed by atoms with Crippen LogP contribution in [-0.4, -0.2) is 29.1 Å². The monoisotopic (exact) mass is 272 g/mol. The van der Waals surface area contributed by atoms with Crippen molar-refractivity contribution < 1.29 is 17.7 Å². The Balaban J connectivity index is 2.66. The Labute approximate surface area is 109 Å². The van der Waals surface area contributed by atoms with Gasteiger partial charge in [0.1, 0.15) is 5.82 Å². The molecule has 0 aliphatic carbocycles. The first-order valence-electron chi connectivity index (χ1n) is 6.23. The zero-order valence-electron chi connectivity index (χ0n) is 11.2. The lowest BCUT2D eigenvalue weighted by Gasteiger charge is -2.27. The molecule has 3 nitrogen and oxygen atoms in total. The minimum Gasteiger partial charge on any atom is -0.377 e. The number of hydrogen-bond donors (Lipinski definition) is 0. The quantitative estimate of drug-likeness (QED) is 0.681. The number of rotatable bonds is 8. The lowest BCUT2D eigenvalue weighted by molar-refractivity contribution is 0.0867. The van der Waals surface area contributed by atoms with Crippen molar-refractivity contribution in [1.29, 1.82) is 0 Å². The Morgan fingerprint density at radius 3 is 2.33 bits per heavy atom. The summed E-state index contributed by atoms with van der Waals surface area (Å²) in [5.41, 5.74) is 0.934. The predicted molar refractivity (Wildman–Crippen MR) is 70.9 cm³/mol. The van der Waals surface area contributed by atoms with Gasteiger partial charge in [0.2, 0.25) is 0 Å². The van der Waals surface area contributed by atoms with Gasteiger partial charge in [-0.2, -0.15) is 0 Å². The summed E-state index contributed by atoms with van der Waals surface area (Å²) in [4.78, 5) is 0. The van der Waals surface area contributed by atoms with Gasteiger partial charge in [-0.15, -0.1) is 0 Å². The van der Waals surface area contributed by atoms with E-state index in [0.29, 0.717) is 25.7 Å². The van der Waals surface area contributed by atoms with E-state index in [1.807, 2.05) is 19.9 Å². The van der Waals surface area contributed by atoms with Crippen LogP contribution in [0.5, 0.6) is 0 Å². The molecule has 0 saturated carbocycles. The average Bonchev–Trinajstić information content (AvgIpc) is 2.37. The summed E-state index contributed by atoms with van der Waals surface area (Å²) in [6.07, 6.45) is 0.692. The molecule has 0 radical (unpaired) electrons. The fraction of sp³-hybridized carbons (Fsp3) is 0.538. The van der Waals surface area contributed by atoms with Gasteiger partial charge in [0.25, 0.3) is 0 Å². The van der Waals surface area contributed by atoms with Crippen LogP contribution in [0.2, 0.25) is 6.04 Å². The van der Waals surface area contributed by atoms with Crippen LogP contribution in [0.25, 0.3) is 0 Å². The molecule has 1 aromatic rings. The minimum atomic E-state index is -2.59. The molecule has 0 aliphatic heterocycles. The topological polar surface area (TPSA) is 27.7 Å². The van der Waals surface area contributed by atoms with Crippen LogP contribution in [0.3, 0.4) is 0 Å². The van der Waals surface area contributed by atoms with E-state index in [-0.39, 0.29) is 5.82 Å². The zero-order chi connectivity index (χ0) is 13.4. The SMILES string of the molecule is CCO[Si](CCc1cccc(F)c1)(OC)OCC. The molecule has 0 unspecified atom stereocenters. The van der Waals surface area contributed by atoms with E-state index in [2.05, 4.69) is 0 Å². The van der Waals surface area contributed by atoms with Gasteiger partial charge in [0, 0.05) is 26.4 Å². The van der Waals surface area contributed by atoms with Gasteiger partial charge in [-0.3, -0.25) is 0 Å². The smallest absolute Gasteiger partial charge is 0.377 e. The first-order chi connectivity index (χ1) is 8.65. The summed E-state index contributed by atoms with van der Waals surface area (Å²) in [5, 5.41) is 0. The Morgan fingerprint density at radius 2 is 1.83 bits per heavy atom. The maximum absolute atomic E-state index is 13.1. The first kappa shape index (κ1) is 15.3. The van der Waals surface area contributed by atoms with Crippen molar-refractivity contribution in [3.8, 4) is 0 Å². The van der Waals surface area contributed by atoms with Crippen LogP contribution in [0.1, 0.15) is 19.4 Å². The van der Waals surface area contributed by atoms with E-state index in [9.17, 15) is 4.39 Å². The molecule has 5 heteroatoms. The standard InChI is InChI=1S/C13H21FO3Si/c1-4-16-18(15-3,17-5-2)10-9-12-7-6-8-13(14)11-12/h6-8,11H,4-5,9-10H2,1-3H3. The molecule has 1 rings (SSSR count). The molecule has 0 heterocycles. The van der Waals surface area contributed by atoms with Crippen LogP contribution in [0, 0.1) is 5.82 Å². The number of halogens is 1. The summed E-state index contributed by atoms with van der Waals surface area (Å²) in [6, 6.07) is 7.24. The van der Waals surface area contributed by atoms with Crippen LogP contribution in [0.15, 0.2) is 24.3 Å². The normalized spacial score (nSPS) is 11.8. The third-order valence-electron chi connectivity index (χ3n) is 2.65. The summed E-state index contributed by atoms with van der Waals surface area (Å²) in [5.74, 6) is -0.218. The molecule has 0 amide bonds. The van der Waals surface area contributed by atoms with E-state index >= 15 is 0 Å². The third-order valence-corrected chi connectivity index (χ3v) is 5.59. The molecule has 0 aromatic heterocycles. The minimum absolute atomic E-state index is 0.218. The fourth-order valence-corrected chi connectivity index (χ4v) is 4.12. The summed E-state index contributed by atoms with van der Waals surface area (Å²) in [6.45, 7) is 4.95. The van der Waals surface area contributed by atoms with Crippen molar-refractivity contribution in [3.63, 3.8) is 0 Å². The van der Waals surface area contributed by atoms with E-state index in [1.165, 1.54) is 12.1 Å². The molecule has 102 valence electrons. The van der Waals surface area contributed by atoms with Gasteiger partial charge in [0.05, 0.1) is 0 Å². The second-order valence-electron chi connectivity index (χ2n) is 3.88. The number of hydrogen-bond acceptors (Lipinski definition) is 3. The highest BCUT2D eigenvalue weighted by atomic mass is 28.4. The summed E-state index contributed by atoms with van der Waals surface area (Å²) < 4.78 is 29.9. The molecule has 0 aliphatic rings. The second kappa shape index (κ2) is 7.63. The van der Waals surface area contributed by atoms with Gasteiger partial charge >= 0.3 is 8.80 Å². The van der Waals surface area contributed by atoms with Crippen molar-refractivity contribution >= 4 is 8.80 Å². The van der Waals surface area contributed by atoms with E-state index in [4.69, 9.17) is 13.3 Å². The molecular weight excluding hydrogens is 251 g/mol. The maximum Gasteiger partial charge on any atom is 0.501 e. The van der Waals surface area contributed by atoms with Crippen molar-refractivity contribution in [3.05, 3.63) is 35.6 Å². The Morgan fingerprint density at radius 1 is 1.17 bits per heavy atom. The van der Waals surface area contributed by atoms with Crippen LogP contribution >= 0.6 is 0 Å². The highest BCUT2D eigenvalue weighted by molar-refractivity contribution is 6.60. The van der Waals surface area contributed by atoms with E-state index < -0.39 is 8.80 Å². The van der Waals surface area contributed by atoms with Crippen molar-refractivity contribution in [2.24, 2.45) is 0 Å². The largest absolute Gasteiger partial charge is 0.501 e. The van der Waals surface area contributed by atoms with Gasteiger partial charge < -0.3 is 13.3 Å². The fourth-order valence-electron chi connectivity index (χ4n) is 1.84. The third kappa shape index (κ3) is 4.49. The van der Waals surface area contributed by atoms with Gasteiger partial charge in [0.15, 0.2) is 0 Å². The Bertz CT molecular complexity index is 354. The first-order valence-corrected chi connectivity index (χ1v) is 8.16.